The van der Waals surface area contributed by atoms with Crippen molar-refractivity contribution in [2.45, 2.75) is 44.8 Å². The number of anilines is 2. The average Bonchev–Trinajstić information content (AvgIpc) is 3.43. The van der Waals surface area contributed by atoms with Crippen LogP contribution in [0.15, 0.2) is 49.1 Å². The van der Waals surface area contributed by atoms with E-state index in [0.29, 0.717) is 44.8 Å². The molecule has 1 aromatic heterocycles. The van der Waals surface area contributed by atoms with Crippen molar-refractivity contribution >= 4 is 28.2 Å². The maximum atomic E-state index is 12.5. The summed E-state index contributed by atoms with van der Waals surface area (Å²) >= 11 is 0. The van der Waals surface area contributed by atoms with E-state index in [-0.39, 0.29) is 18.5 Å². The van der Waals surface area contributed by atoms with Crippen LogP contribution in [0.25, 0.3) is 15.6 Å². The Morgan fingerprint density at radius 1 is 1.12 bits per heavy atom. The first kappa shape index (κ1) is 28.0. The smallest absolute Gasteiger partial charge is 0.318 e. The van der Waals surface area contributed by atoms with Gasteiger partial charge in [-0.2, -0.15) is 9.97 Å². The Hall–Kier alpha value is -4.16. The molecule has 0 radical (unpaired) electrons. The third-order valence-corrected chi connectivity index (χ3v) is 9.07. The van der Waals surface area contributed by atoms with E-state index in [1.807, 2.05) is 0 Å². The fourth-order valence-electron chi connectivity index (χ4n) is 6.77. The summed E-state index contributed by atoms with van der Waals surface area (Å²) in [5.41, 5.74) is 4.61. The molecule has 0 N–H and O–H groups in total. The number of likely N-dealkylation sites (N-methyl/N-ethyl adjacent to an activating group) is 1. The van der Waals surface area contributed by atoms with E-state index in [2.05, 4.69) is 76.5 Å². The van der Waals surface area contributed by atoms with E-state index in [1.54, 1.807) is 4.90 Å². The molecular formula is C33H39N7O2. The molecule has 3 aromatic rings. The number of fused-ring (bicyclic) bond motifs is 2. The molecule has 2 unspecified atom stereocenters. The second-order valence-corrected chi connectivity index (χ2v) is 11.6. The number of hydrogen-bond acceptors (Lipinski definition) is 7. The van der Waals surface area contributed by atoms with Gasteiger partial charge in [0.15, 0.2) is 0 Å². The van der Waals surface area contributed by atoms with Crippen molar-refractivity contribution in [2.75, 3.05) is 62.7 Å². The Bertz CT molecular complexity index is 1530. The standard InChI is InChI=1S/C33H39N7O2/c1-5-30(41)40-18-17-39(20-26(40)19-34-3)32-27-14-16-38(29-13-7-11-24-10-6-9-23(2)31(24)29)21-28(27)35-33(36-32)42-22-25-12-8-15-37(25)4/h5-7,9-11,13,25-26H,1,8,12,14-22H2,2,4H3. The van der Waals surface area contributed by atoms with Crippen molar-refractivity contribution in [3.8, 4) is 6.01 Å². The van der Waals surface area contributed by atoms with E-state index in [4.69, 9.17) is 21.3 Å². The normalized spacial score (nSPS) is 20.8. The van der Waals surface area contributed by atoms with Gasteiger partial charge in [-0.25, -0.2) is 6.57 Å². The van der Waals surface area contributed by atoms with Crippen LogP contribution in [-0.4, -0.2) is 90.7 Å². The molecule has 0 aliphatic carbocycles. The fourth-order valence-corrected chi connectivity index (χ4v) is 6.77. The molecule has 0 bridgehead atoms. The van der Waals surface area contributed by atoms with E-state index in [0.717, 1.165) is 43.0 Å². The zero-order chi connectivity index (χ0) is 29.2. The molecule has 218 valence electrons. The van der Waals surface area contributed by atoms with E-state index < -0.39 is 0 Å². The number of hydrogen-bond donors (Lipinski definition) is 0. The van der Waals surface area contributed by atoms with Gasteiger partial charge in [-0.3, -0.25) is 4.79 Å². The maximum Gasteiger partial charge on any atom is 0.318 e. The lowest BCUT2D eigenvalue weighted by atomic mass is 9.99. The van der Waals surface area contributed by atoms with Crippen molar-refractivity contribution in [1.82, 2.24) is 19.8 Å². The number of rotatable bonds is 7. The molecule has 2 atom stereocenters. The number of ether oxygens (including phenoxy) is 1. The topological polar surface area (TPSA) is 69.4 Å². The van der Waals surface area contributed by atoms with E-state index in [9.17, 15) is 4.79 Å². The molecule has 0 spiro atoms. The van der Waals surface area contributed by atoms with Gasteiger partial charge in [-0.1, -0.05) is 36.9 Å². The zero-order valence-corrected chi connectivity index (χ0v) is 24.6. The minimum Gasteiger partial charge on any atom is -0.462 e. The Morgan fingerprint density at radius 3 is 2.71 bits per heavy atom. The first-order valence-electron chi connectivity index (χ1n) is 14.9. The molecular weight excluding hydrogens is 526 g/mol. The first-order valence-corrected chi connectivity index (χ1v) is 14.9. The van der Waals surface area contributed by atoms with Gasteiger partial charge >= 0.3 is 6.01 Å². The number of benzene rings is 2. The maximum absolute atomic E-state index is 12.5. The second-order valence-electron chi connectivity index (χ2n) is 11.6. The summed E-state index contributed by atoms with van der Waals surface area (Å²) in [6.45, 7) is 18.4. The van der Waals surface area contributed by atoms with Gasteiger partial charge in [-0.15, -0.1) is 0 Å². The largest absolute Gasteiger partial charge is 0.462 e. The van der Waals surface area contributed by atoms with Gasteiger partial charge in [0.05, 0.1) is 12.2 Å². The molecule has 3 aliphatic heterocycles. The summed E-state index contributed by atoms with van der Waals surface area (Å²) in [5.74, 6) is 0.753. The Kier molecular flexibility index (Phi) is 7.98. The van der Waals surface area contributed by atoms with Crippen LogP contribution in [0.1, 0.15) is 29.7 Å². The van der Waals surface area contributed by atoms with Crippen LogP contribution in [0.4, 0.5) is 11.5 Å². The van der Waals surface area contributed by atoms with Gasteiger partial charge < -0.3 is 29.2 Å². The first-order chi connectivity index (χ1) is 20.5. The van der Waals surface area contributed by atoms with Gasteiger partial charge in [0.2, 0.25) is 12.5 Å². The molecule has 3 aliphatic rings. The van der Waals surface area contributed by atoms with Gasteiger partial charge in [0.1, 0.15) is 18.5 Å². The summed E-state index contributed by atoms with van der Waals surface area (Å²) in [4.78, 5) is 34.9. The van der Waals surface area contributed by atoms with Gasteiger partial charge in [-0.05, 0) is 62.9 Å². The van der Waals surface area contributed by atoms with Crippen molar-refractivity contribution in [1.29, 1.82) is 0 Å². The monoisotopic (exact) mass is 565 g/mol. The number of likely N-dealkylation sites (tertiary alicyclic amines) is 1. The third kappa shape index (κ3) is 5.39. The Morgan fingerprint density at radius 2 is 1.95 bits per heavy atom. The minimum absolute atomic E-state index is 0.126. The lowest BCUT2D eigenvalue weighted by molar-refractivity contribution is -0.128. The average molecular weight is 566 g/mol. The highest BCUT2D eigenvalue weighted by atomic mass is 16.5. The molecule has 1 amide bonds. The van der Waals surface area contributed by atoms with Crippen molar-refractivity contribution < 1.29 is 9.53 Å². The van der Waals surface area contributed by atoms with Crippen LogP contribution in [-0.2, 0) is 17.8 Å². The summed E-state index contributed by atoms with van der Waals surface area (Å²) in [6.07, 6.45) is 4.43. The minimum atomic E-state index is -0.220. The van der Waals surface area contributed by atoms with E-state index >= 15 is 0 Å². The van der Waals surface area contributed by atoms with Crippen LogP contribution in [0.3, 0.4) is 0 Å². The highest BCUT2D eigenvalue weighted by molar-refractivity contribution is 5.97. The molecule has 9 nitrogen and oxygen atoms in total. The summed E-state index contributed by atoms with van der Waals surface area (Å²) < 4.78 is 6.30. The van der Waals surface area contributed by atoms with Gasteiger partial charge in [0.25, 0.3) is 0 Å². The molecule has 2 fully saturated rings. The van der Waals surface area contributed by atoms with Crippen molar-refractivity contribution in [3.05, 3.63) is 77.3 Å². The number of amides is 1. The Labute approximate surface area is 248 Å². The van der Waals surface area contributed by atoms with E-state index in [1.165, 1.54) is 34.5 Å². The SMILES string of the molecule is [C-]#[N+]CC1CN(c2nc(OCC3CCCN3C)nc3c2CCN(c2cccc4cccc(C)c24)C3)CCN1C(=O)C=C. The number of aryl methyl sites for hydroxylation is 1. The molecule has 6 rings (SSSR count). The molecule has 2 aromatic carbocycles. The quantitative estimate of drug-likeness (QED) is 0.316. The van der Waals surface area contributed by atoms with Crippen LogP contribution in [0.5, 0.6) is 6.01 Å². The highest BCUT2D eigenvalue weighted by Gasteiger charge is 2.35. The predicted octanol–water partition coefficient (Wildman–Crippen LogP) is 4.10. The lowest BCUT2D eigenvalue weighted by Crippen LogP contribution is -2.56. The number of nitrogens with zero attached hydrogens (tertiary/aromatic N) is 7. The van der Waals surface area contributed by atoms with Crippen LogP contribution in [0, 0.1) is 13.5 Å². The number of piperazine rings is 1. The number of aromatic nitrogens is 2. The second kappa shape index (κ2) is 12.0. The molecule has 0 saturated carbocycles. The van der Waals surface area contributed by atoms with Crippen molar-refractivity contribution in [2.24, 2.45) is 0 Å². The molecule has 9 heteroatoms. The molecule has 4 heterocycles. The van der Waals surface area contributed by atoms with Crippen LogP contribution in [0.2, 0.25) is 0 Å². The highest BCUT2D eigenvalue weighted by Crippen LogP contribution is 2.36. The fraction of sp³-hybridized carbons (Fsp3) is 0.455. The number of carbonyl (C=O) groups excluding carboxylic acids is 1. The third-order valence-electron chi connectivity index (χ3n) is 9.07. The molecule has 2 saturated heterocycles. The van der Waals surface area contributed by atoms with Crippen molar-refractivity contribution in [3.63, 3.8) is 0 Å². The van der Waals surface area contributed by atoms with Crippen LogP contribution >= 0.6 is 0 Å². The van der Waals surface area contributed by atoms with Gasteiger partial charge in [0, 0.05) is 48.9 Å². The summed E-state index contributed by atoms with van der Waals surface area (Å²) in [6, 6.07) is 13.5. The molecule has 42 heavy (non-hydrogen) atoms. The lowest BCUT2D eigenvalue weighted by Gasteiger charge is -2.41. The number of carbonyl (C=O) groups is 1. The summed E-state index contributed by atoms with van der Waals surface area (Å²) in [5, 5.41) is 2.52. The summed E-state index contributed by atoms with van der Waals surface area (Å²) in [7, 11) is 2.14. The van der Waals surface area contributed by atoms with Crippen LogP contribution < -0.4 is 14.5 Å². The predicted molar refractivity (Wildman–Crippen MR) is 166 cm³/mol. The zero-order valence-electron chi connectivity index (χ0n) is 24.6. The Balaban J connectivity index is 1.34.